The molecule has 4 heteroatoms. The normalized spacial score (nSPS) is 35.5. The number of hydrogen-bond donors (Lipinski definition) is 0. The first kappa shape index (κ1) is 10.9. The highest BCUT2D eigenvalue weighted by molar-refractivity contribution is 5.81. The molecular formula is C11H19NO3. The second-order valence-corrected chi connectivity index (χ2v) is 4.47. The van der Waals surface area contributed by atoms with Crippen LogP contribution in [0.25, 0.3) is 0 Å². The summed E-state index contributed by atoms with van der Waals surface area (Å²) in [6, 6.07) is 0.400. The van der Waals surface area contributed by atoms with Crippen LogP contribution in [-0.4, -0.2) is 49.8 Å². The molecule has 0 aromatic carbocycles. The van der Waals surface area contributed by atoms with Crippen molar-refractivity contribution in [2.45, 2.75) is 37.3 Å². The van der Waals surface area contributed by atoms with Crippen molar-refractivity contribution < 1.29 is 14.3 Å². The molecule has 2 aliphatic rings. The van der Waals surface area contributed by atoms with Gasteiger partial charge in [-0.1, -0.05) is 0 Å². The van der Waals surface area contributed by atoms with Gasteiger partial charge in [0.1, 0.15) is 5.54 Å². The first-order valence-corrected chi connectivity index (χ1v) is 5.59. The molecule has 0 aliphatic carbocycles. The largest absolute Gasteiger partial charge is 0.468 e. The first-order chi connectivity index (χ1) is 7.24. The second kappa shape index (κ2) is 4.10. The van der Waals surface area contributed by atoms with E-state index in [4.69, 9.17) is 9.47 Å². The van der Waals surface area contributed by atoms with Gasteiger partial charge in [-0.2, -0.15) is 0 Å². The van der Waals surface area contributed by atoms with Gasteiger partial charge in [-0.25, -0.2) is 0 Å². The van der Waals surface area contributed by atoms with Crippen molar-refractivity contribution in [2.75, 3.05) is 27.4 Å². The number of ether oxygens (including phenoxy) is 2. The highest BCUT2D eigenvalue weighted by Crippen LogP contribution is 2.43. The lowest BCUT2D eigenvalue weighted by molar-refractivity contribution is -0.152. The standard InChI is InChI=1S/C11H19NO3/c1-14-8-9-4-6-11(10(13)15-2)5-3-7-12(9)11/h9H,3-8H2,1-2H3. The van der Waals surface area contributed by atoms with Gasteiger partial charge < -0.3 is 9.47 Å². The van der Waals surface area contributed by atoms with Crippen molar-refractivity contribution >= 4 is 5.97 Å². The quantitative estimate of drug-likeness (QED) is 0.650. The zero-order valence-electron chi connectivity index (χ0n) is 9.49. The molecule has 2 aliphatic heterocycles. The van der Waals surface area contributed by atoms with Crippen molar-refractivity contribution in [1.82, 2.24) is 4.90 Å². The Morgan fingerprint density at radius 2 is 2.27 bits per heavy atom. The lowest BCUT2D eigenvalue weighted by Gasteiger charge is -2.32. The van der Waals surface area contributed by atoms with Crippen LogP contribution in [0.2, 0.25) is 0 Å². The van der Waals surface area contributed by atoms with E-state index >= 15 is 0 Å². The Morgan fingerprint density at radius 3 is 2.93 bits per heavy atom. The van der Waals surface area contributed by atoms with Crippen molar-refractivity contribution in [3.63, 3.8) is 0 Å². The number of carbonyl (C=O) groups is 1. The van der Waals surface area contributed by atoms with Crippen LogP contribution >= 0.6 is 0 Å². The Labute approximate surface area is 90.5 Å². The van der Waals surface area contributed by atoms with Crippen LogP contribution in [0.1, 0.15) is 25.7 Å². The second-order valence-electron chi connectivity index (χ2n) is 4.47. The van der Waals surface area contributed by atoms with Gasteiger partial charge in [0.15, 0.2) is 0 Å². The van der Waals surface area contributed by atoms with E-state index in [2.05, 4.69) is 4.90 Å². The molecule has 2 rings (SSSR count). The highest BCUT2D eigenvalue weighted by Gasteiger charge is 2.54. The molecule has 2 unspecified atom stereocenters. The molecule has 2 saturated heterocycles. The Morgan fingerprint density at radius 1 is 1.47 bits per heavy atom. The molecule has 86 valence electrons. The van der Waals surface area contributed by atoms with Crippen molar-refractivity contribution in [1.29, 1.82) is 0 Å². The van der Waals surface area contributed by atoms with Crippen molar-refractivity contribution in [3.8, 4) is 0 Å². The van der Waals surface area contributed by atoms with Crippen molar-refractivity contribution in [2.24, 2.45) is 0 Å². The third-order valence-corrected chi connectivity index (χ3v) is 3.80. The van der Waals surface area contributed by atoms with E-state index in [0.29, 0.717) is 6.04 Å². The zero-order chi connectivity index (χ0) is 10.9. The summed E-state index contributed by atoms with van der Waals surface area (Å²) in [5.74, 6) is -0.0568. The van der Waals surface area contributed by atoms with Crippen LogP contribution in [-0.2, 0) is 14.3 Å². The fraction of sp³-hybridized carbons (Fsp3) is 0.909. The van der Waals surface area contributed by atoms with Crippen LogP contribution in [0.5, 0.6) is 0 Å². The Kier molecular flexibility index (Phi) is 2.98. The van der Waals surface area contributed by atoms with Gasteiger partial charge in [-0.3, -0.25) is 9.69 Å². The molecule has 0 bridgehead atoms. The predicted octanol–water partition coefficient (Wildman–Crippen LogP) is 0.803. The Hall–Kier alpha value is -0.610. The van der Waals surface area contributed by atoms with Crippen LogP contribution in [0.4, 0.5) is 0 Å². The molecule has 0 saturated carbocycles. The molecule has 2 fully saturated rings. The average Bonchev–Trinajstić information content (AvgIpc) is 2.79. The summed E-state index contributed by atoms with van der Waals surface area (Å²) in [4.78, 5) is 14.2. The topological polar surface area (TPSA) is 38.8 Å². The maximum atomic E-state index is 11.9. The summed E-state index contributed by atoms with van der Waals surface area (Å²) in [5.41, 5.74) is -0.321. The summed E-state index contributed by atoms with van der Waals surface area (Å²) >= 11 is 0. The lowest BCUT2D eigenvalue weighted by Crippen LogP contribution is -2.50. The van der Waals surface area contributed by atoms with Gasteiger partial charge >= 0.3 is 5.97 Å². The van der Waals surface area contributed by atoms with E-state index in [1.165, 1.54) is 7.11 Å². The first-order valence-electron chi connectivity index (χ1n) is 5.59. The molecule has 4 nitrogen and oxygen atoms in total. The fourth-order valence-corrected chi connectivity index (χ4v) is 3.14. The van der Waals surface area contributed by atoms with Crippen LogP contribution in [0.15, 0.2) is 0 Å². The Balaban J connectivity index is 2.15. The molecule has 0 amide bonds. The van der Waals surface area contributed by atoms with Gasteiger partial charge in [0, 0.05) is 13.2 Å². The van der Waals surface area contributed by atoms with E-state index in [0.717, 1.165) is 38.8 Å². The number of rotatable bonds is 3. The maximum Gasteiger partial charge on any atom is 0.326 e. The molecule has 15 heavy (non-hydrogen) atoms. The average molecular weight is 213 g/mol. The summed E-state index contributed by atoms with van der Waals surface area (Å²) in [5, 5.41) is 0. The number of nitrogens with zero attached hydrogens (tertiary/aromatic N) is 1. The molecule has 0 radical (unpaired) electrons. The summed E-state index contributed by atoms with van der Waals surface area (Å²) in [6.45, 7) is 1.72. The highest BCUT2D eigenvalue weighted by atomic mass is 16.5. The number of methoxy groups -OCH3 is 2. The predicted molar refractivity (Wildman–Crippen MR) is 55.6 cm³/mol. The van der Waals surface area contributed by atoms with Gasteiger partial charge in [-0.05, 0) is 32.2 Å². The minimum atomic E-state index is -0.321. The van der Waals surface area contributed by atoms with Crippen LogP contribution in [0, 0.1) is 0 Å². The minimum absolute atomic E-state index is 0.0568. The van der Waals surface area contributed by atoms with Gasteiger partial charge in [0.25, 0.3) is 0 Å². The SMILES string of the molecule is COCC1CCC2(C(=O)OC)CCCN12. The third kappa shape index (κ3) is 1.56. The molecule has 0 spiro atoms. The van der Waals surface area contributed by atoms with E-state index < -0.39 is 0 Å². The summed E-state index contributed by atoms with van der Waals surface area (Å²) in [7, 11) is 3.20. The lowest BCUT2D eigenvalue weighted by atomic mass is 9.94. The summed E-state index contributed by atoms with van der Waals surface area (Å²) in [6.07, 6.45) is 4.01. The Bertz CT molecular complexity index is 256. The van der Waals surface area contributed by atoms with Gasteiger partial charge in [-0.15, -0.1) is 0 Å². The fourth-order valence-electron chi connectivity index (χ4n) is 3.14. The van der Waals surface area contributed by atoms with Gasteiger partial charge in [0.05, 0.1) is 13.7 Å². The number of fused-ring (bicyclic) bond motifs is 1. The monoisotopic (exact) mass is 213 g/mol. The minimum Gasteiger partial charge on any atom is -0.468 e. The van der Waals surface area contributed by atoms with Crippen LogP contribution in [0.3, 0.4) is 0 Å². The van der Waals surface area contributed by atoms with E-state index in [-0.39, 0.29) is 11.5 Å². The molecular weight excluding hydrogens is 194 g/mol. The number of carbonyl (C=O) groups excluding carboxylic acids is 1. The van der Waals surface area contributed by atoms with Crippen LogP contribution < -0.4 is 0 Å². The van der Waals surface area contributed by atoms with Gasteiger partial charge in [0.2, 0.25) is 0 Å². The molecule has 0 aromatic rings. The van der Waals surface area contributed by atoms with E-state index in [1.54, 1.807) is 7.11 Å². The summed E-state index contributed by atoms with van der Waals surface area (Å²) < 4.78 is 10.1. The van der Waals surface area contributed by atoms with Crippen molar-refractivity contribution in [3.05, 3.63) is 0 Å². The van der Waals surface area contributed by atoms with E-state index in [1.807, 2.05) is 0 Å². The molecule has 2 atom stereocenters. The number of hydrogen-bond acceptors (Lipinski definition) is 4. The molecule has 0 aromatic heterocycles. The van der Waals surface area contributed by atoms with E-state index in [9.17, 15) is 4.79 Å². The zero-order valence-corrected chi connectivity index (χ0v) is 9.49. The molecule has 2 heterocycles. The number of esters is 1. The third-order valence-electron chi connectivity index (χ3n) is 3.80. The maximum absolute atomic E-state index is 11.9. The smallest absolute Gasteiger partial charge is 0.326 e. The molecule has 0 N–H and O–H groups in total.